The lowest BCUT2D eigenvalue weighted by atomic mass is 10.1. The Balaban J connectivity index is 1.89. The van der Waals surface area contributed by atoms with Crippen molar-refractivity contribution >= 4 is 0 Å². The molecule has 0 atom stereocenters. The zero-order valence-electron chi connectivity index (χ0n) is 12.4. The Bertz CT molecular complexity index is 603. The maximum atomic E-state index is 13.0. The van der Waals surface area contributed by atoms with Gasteiger partial charge in [0, 0.05) is 11.6 Å². The second-order valence-electron chi connectivity index (χ2n) is 5.84. The average Bonchev–Trinajstić information content (AvgIpc) is 2.85. The highest BCUT2D eigenvalue weighted by Crippen LogP contribution is 2.18. The van der Waals surface area contributed by atoms with Crippen LogP contribution in [0.25, 0.3) is 0 Å². The Morgan fingerprint density at radius 2 is 1.76 bits per heavy atom. The van der Waals surface area contributed by atoms with Crippen molar-refractivity contribution in [3.63, 3.8) is 0 Å². The highest BCUT2D eigenvalue weighted by atomic mass is 19.2. The molecule has 2 aromatic rings. The van der Waals surface area contributed by atoms with Crippen LogP contribution in [0.1, 0.15) is 32.3 Å². The fourth-order valence-electron chi connectivity index (χ4n) is 1.67. The maximum Gasteiger partial charge on any atom is 0.162 e. The molecule has 0 unspecified atom stereocenters. The molecule has 1 aromatic carbocycles. The number of ether oxygens (including phenoxy) is 1. The van der Waals surface area contributed by atoms with Gasteiger partial charge in [-0.25, -0.2) is 8.78 Å². The number of benzene rings is 1. The Kier molecular flexibility index (Phi) is 4.63. The summed E-state index contributed by atoms with van der Waals surface area (Å²) in [6.45, 7) is 7.00. The molecule has 1 aromatic heterocycles. The standard InChI is InChI=1S/C16H19F2NO2/c1-16(2,3)19-9-12-4-5-13(21-12)10-20-11-6-7-14(17)15(18)8-11/h4-8,19H,9-10H2,1-3H3. The highest BCUT2D eigenvalue weighted by molar-refractivity contribution is 5.23. The number of hydrogen-bond acceptors (Lipinski definition) is 3. The van der Waals surface area contributed by atoms with Gasteiger partial charge in [-0.05, 0) is 45.0 Å². The fourth-order valence-corrected chi connectivity index (χ4v) is 1.67. The van der Waals surface area contributed by atoms with Gasteiger partial charge in [0.15, 0.2) is 11.6 Å². The topological polar surface area (TPSA) is 34.4 Å². The van der Waals surface area contributed by atoms with Gasteiger partial charge in [-0.3, -0.25) is 0 Å². The first-order valence-corrected chi connectivity index (χ1v) is 6.74. The summed E-state index contributed by atoms with van der Waals surface area (Å²) in [4.78, 5) is 0. The third kappa shape index (κ3) is 4.86. The van der Waals surface area contributed by atoms with E-state index in [1.54, 1.807) is 6.07 Å². The smallest absolute Gasteiger partial charge is 0.162 e. The van der Waals surface area contributed by atoms with Crippen LogP contribution >= 0.6 is 0 Å². The molecule has 2 rings (SSSR count). The van der Waals surface area contributed by atoms with E-state index in [0.29, 0.717) is 12.3 Å². The van der Waals surface area contributed by atoms with Crippen LogP contribution in [-0.2, 0) is 13.2 Å². The minimum absolute atomic E-state index is 0.00902. The molecule has 5 heteroatoms. The zero-order valence-corrected chi connectivity index (χ0v) is 12.4. The summed E-state index contributed by atoms with van der Waals surface area (Å²) in [6, 6.07) is 7.09. The molecule has 0 aliphatic heterocycles. The Morgan fingerprint density at radius 1 is 1.05 bits per heavy atom. The molecule has 0 saturated heterocycles. The Labute approximate surface area is 122 Å². The van der Waals surface area contributed by atoms with Crippen LogP contribution in [0, 0.1) is 11.6 Å². The van der Waals surface area contributed by atoms with E-state index in [2.05, 4.69) is 26.1 Å². The van der Waals surface area contributed by atoms with Crippen molar-refractivity contribution < 1.29 is 17.9 Å². The number of nitrogens with one attached hydrogen (secondary N) is 1. The molecule has 3 nitrogen and oxygen atoms in total. The first kappa shape index (κ1) is 15.5. The fraction of sp³-hybridized carbons (Fsp3) is 0.375. The lowest BCUT2D eigenvalue weighted by molar-refractivity contribution is 0.261. The van der Waals surface area contributed by atoms with E-state index in [9.17, 15) is 8.78 Å². The van der Waals surface area contributed by atoms with Crippen LogP contribution in [0.15, 0.2) is 34.7 Å². The van der Waals surface area contributed by atoms with Gasteiger partial charge < -0.3 is 14.5 Å². The molecule has 1 heterocycles. The van der Waals surface area contributed by atoms with E-state index in [1.807, 2.05) is 6.07 Å². The summed E-state index contributed by atoms with van der Waals surface area (Å²) < 4.78 is 36.8. The SMILES string of the molecule is CC(C)(C)NCc1ccc(COc2ccc(F)c(F)c2)o1. The van der Waals surface area contributed by atoms with E-state index in [4.69, 9.17) is 9.15 Å². The van der Waals surface area contributed by atoms with Crippen LogP contribution in [0.5, 0.6) is 5.75 Å². The van der Waals surface area contributed by atoms with Crippen molar-refractivity contribution in [3.05, 3.63) is 53.5 Å². The van der Waals surface area contributed by atoms with Gasteiger partial charge in [0.2, 0.25) is 0 Å². The van der Waals surface area contributed by atoms with E-state index in [-0.39, 0.29) is 17.9 Å². The number of rotatable bonds is 5. The molecule has 0 amide bonds. The summed E-state index contributed by atoms with van der Waals surface area (Å²) >= 11 is 0. The van der Waals surface area contributed by atoms with Crippen molar-refractivity contribution in [1.29, 1.82) is 0 Å². The van der Waals surface area contributed by atoms with Crippen molar-refractivity contribution in [1.82, 2.24) is 5.32 Å². The minimum atomic E-state index is -0.929. The maximum absolute atomic E-state index is 13.0. The largest absolute Gasteiger partial charge is 0.486 e. The normalized spacial score (nSPS) is 11.7. The Hall–Kier alpha value is -1.88. The van der Waals surface area contributed by atoms with Crippen LogP contribution in [-0.4, -0.2) is 5.54 Å². The quantitative estimate of drug-likeness (QED) is 0.904. The summed E-state index contributed by atoms with van der Waals surface area (Å²) in [6.07, 6.45) is 0. The number of halogens is 2. The zero-order chi connectivity index (χ0) is 15.5. The summed E-state index contributed by atoms with van der Waals surface area (Å²) in [5.74, 6) is -0.128. The second-order valence-corrected chi connectivity index (χ2v) is 5.84. The van der Waals surface area contributed by atoms with Gasteiger partial charge in [0.1, 0.15) is 23.9 Å². The van der Waals surface area contributed by atoms with Crippen molar-refractivity contribution in [3.8, 4) is 5.75 Å². The van der Waals surface area contributed by atoms with Crippen molar-refractivity contribution in [2.75, 3.05) is 0 Å². The second kappa shape index (κ2) is 6.26. The molecular formula is C16H19F2NO2. The van der Waals surface area contributed by atoms with Crippen LogP contribution in [0.3, 0.4) is 0 Å². The van der Waals surface area contributed by atoms with E-state index in [0.717, 1.165) is 17.9 Å². The van der Waals surface area contributed by atoms with Gasteiger partial charge in [0.25, 0.3) is 0 Å². The van der Waals surface area contributed by atoms with Crippen LogP contribution < -0.4 is 10.1 Å². The molecule has 21 heavy (non-hydrogen) atoms. The number of hydrogen-bond donors (Lipinski definition) is 1. The van der Waals surface area contributed by atoms with E-state index < -0.39 is 11.6 Å². The van der Waals surface area contributed by atoms with Gasteiger partial charge >= 0.3 is 0 Å². The third-order valence-electron chi connectivity index (χ3n) is 2.78. The first-order valence-electron chi connectivity index (χ1n) is 6.74. The summed E-state index contributed by atoms with van der Waals surface area (Å²) in [5, 5.41) is 3.31. The van der Waals surface area contributed by atoms with Gasteiger partial charge in [-0.1, -0.05) is 0 Å². The molecule has 0 radical (unpaired) electrons. The molecule has 0 aliphatic carbocycles. The molecule has 0 aliphatic rings. The minimum Gasteiger partial charge on any atom is -0.486 e. The van der Waals surface area contributed by atoms with E-state index in [1.165, 1.54) is 6.07 Å². The lowest BCUT2D eigenvalue weighted by Gasteiger charge is -2.19. The van der Waals surface area contributed by atoms with Crippen molar-refractivity contribution in [2.45, 2.75) is 39.5 Å². The molecule has 0 bridgehead atoms. The van der Waals surface area contributed by atoms with Crippen molar-refractivity contribution in [2.24, 2.45) is 0 Å². The highest BCUT2D eigenvalue weighted by Gasteiger charge is 2.10. The van der Waals surface area contributed by atoms with Crippen LogP contribution in [0.2, 0.25) is 0 Å². The molecule has 114 valence electrons. The molecule has 0 saturated carbocycles. The summed E-state index contributed by atoms with van der Waals surface area (Å²) in [5.41, 5.74) is 0.00902. The Morgan fingerprint density at radius 3 is 2.43 bits per heavy atom. The molecule has 1 N–H and O–H groups in total. The molecule has 0 spiro atoms. The van der Waals surface area contributed by atoms with Gasteiger partial charge in [0.05, 0.1) is 6.54 Å². The first-order chi connectivity index (χ1) is 9.83. The average molecular weight is 295 g/mol. The number of furan rings is 1. The van der Waals surface area contributed by atoms with Gasteiger partial charge in [-0.2, -0.15) is 0 Å². The predicted octanol–water partition coefficient (Wildman–Crippen LogP) is 4.02. The lowest BCUT2D eigenvalue weighted by Crippen LogP contribution is -2.34. The molecule has 0 fully saturated rings. The van der Waals surface area contributed by atoms with Gasteiger partial charge in [-0.15, -0.1) is 0 Å². The monoisotopic (exact) mass is 295 g/mol. The van der Waals surface area contributed by atoms with E-state index >= 15 is 0 Å². The third-order valence-corrected chi connectivity index (χ3v) is 2.78. The van der Waals surface area contributed by atoms with Crippen LogP contribution in [0.4, 0.5) is 8.78 Å². The predicted molar refractivity (Wildman–Crippen MR) is 76.0 cm³/mol. The molecular weight excluding hydrogens is 276 g/mol. The summed E-state index contributed by atoms with van der Waals surface area (Å²) in [7, 11) is 0.